The third kappa shape index (κ3) is 3.38. The summed E-state index contributed by atoms with van der Waals surface area (Å²) in [7, 11) is -3.39. The minimum absolute atomic E-state index is 0.463. The topological polar surface area (TPSA) is 50.3 Å². The van der Waals surface area contributed by atoms with E-state index in [0.717, 1.165) is 46.1 Å². The lowest BCUT2D eigenvalue weighted by molar-refractivity contribution is 0.423. The van der Waals surface area contributed by atoms with E-state index in [1.165, 1.54) is 16.2 Å². The maximum absolute atomic E-state index is 13.0. The number of nitrogens with zero attached hydrogens (tertiary/aromatic N) is 2. The molecule has 7 heteroatoms. The molecule has 0 bridgehead atoms. The van der Waals surface area contributed by atoms with Gasteiger partial charge in [0.25, 0.3) is 0 Å². The Labute approximate surface area is 146 Å². The van der Waals surface area contributed by atoms with Gasteiger partial charge < -0.3 is 0 Å². The molecular weight excluding hydrogens is 348 g/mol. The van der Waals surface area contributed by atoms with Gasteiger partial charge in [-0.3, -0.25) is 0 Å². The molecule has 4 nitrogen and oxygen atoms in total. The summed E-state index contributed by atoms with van der Waals surface area (Å²) in [5.41, 5.74) is 1.02. The van der Waals surface area contributed by atoms with Gasteiger partial charge in [0.15, 0.2) is 0 Å². The van der Waals surface area contributed by atoms with Gasteiger partial charge in [-0.05, 0) is 39.7 Å². The van der Waals surface area contributed by atoms with Crippen molar-refractivity contribution in [2.45, 2.75) is 51.3 Å². The Morgan fingerprint density at radius 1 is 1.00 bits per heavy atom. The summed E-state index contributed by atoms with van der Waals surface area (Å²) in [6, 6.07) is 1.82. The van der Waals surface area contributed by atoms with Gasteiger partial charge in [0.1, 0.15) is 5.01 Å². The Kier molecular flexibility index (Phi) is 4.92. The zero-order chi connectivity index (χ0) is 16.6. The van der Waals surface area contributed by atoms with Crippen LogP contribution < -0.4 is 0 Å². The Balaban J connectivity index is 1.96. The summed E-state index contributed by atoms with van der Waals surface area (Å²) < 4.78 is 27.7. The summed E-state index contributed by atoms with van der Waals surface area (Å²) >= 11 is 3.16. The maximum atomic E-state index is 13.0. The van der Waals surface area contributed by atoms with Crippen molar-refractivity contribution in [2.75, 3.05) is 13.1 Å². The van der Waals surface area contributed by atoms with E-state index in [4.69, 9.17) is 0 Å². The van der Waals surface area contributed by atoms with Crippen molar-refractivity contribution < 1.29 is 8.42 Å². The normalized spacial score (nSPS) is 17.3. The zero-order valence-electron chi connectivity index (χ0n) is 13.8. The molecule has 0 unspecified atom stereocenters. The molecule has 1 fully saturated rings. The number of sulfonamides is 1. The summed E-state index contributed by atoms with van der Waals surface area (Å²) in [6.45, 7) is 7.22. The Morgan fingerprint density at radius 3 is 2.22 bits per heavy atom. The Hall–Kier alpha value is -0.760. The molecule has 0 amide bonds. The number of thiophene rings is 1. The first-order chi connectivity index (χ1) is 10.9. The van der Waals surface area contributed by atoms with Crippen LogP contribution in [0.25, 0.3) is 9.88 Å². The van der Waals surface area contributed by atoms with Crippen LogP contribution in [0.3, 0.4) is 0 Å². The number of rotatable bonds is 3. The molecular formula is C16H22N2O2S3. The van der Waals surface area contributed by atoms with E-state index in [1.807, 2.05) is 26.8 Å². The molecule has 0 atom stereocenters. The third-order valence-corrected chi connectivity index (χ3v) is 8.74. The first-order valence-corrected chi connectivity index (χ1v) is 11.0. The molecule has 0 N–H and O–H groups in total. The molecule has 2 aromatic heterocycles. The number of aryl methyl sites for hydroxylation is 3. The second-order valence-electron chi connectivity index (χ2n) is 6.01. The molecule has 126 valence electrons. The average Bonchev–Trinajstić information content (AvgIpc) is 2.91. The fraction of sp³-hybridized carbons (Fsp3) is 0.562. The Bertz CT molecular complexity index is 778. The van der Waals surface area contributed by atoms with E-state index in [2.05, 4.69) is 4.98 Å². The van der Waals surface area contributed by atoms with Crippen LogP contribution >= 0.6 is 22.7 Å². The number of hydrogen-bond donors (Lipinski definition) is 0. The fourth-order valence-electron chi connectivity index (χ4n) is 2.83. The van der Waals surface area contributed by atoms with Crippen LogP contribution in [0.5, 0.6) is 0 Å². The first-order valence-electron chi connectivity index (χ1n) is 7.94. The van der Waals surface area contributed by atoms with Gasteiger partial charge in [0, 0.05) is 22.8 Å². The molecule has 3 heterocycles. The van der Waals surface area contributed by atoms with Crippen LogP contribution in [0.4, 0.5) is 0 Å². The quantitative estimate of drug-likeness (QED) is 0.806. The van der Waals surface area contributed by atoms with Crippen LogP contribution in [0.2, 0.25) is 0 Å². The molecule has 3 rings (SSSR count). The highest BCUT2D eigenvalue weighted by Gasteiger charge is 2.28. The van der Waals surface area contributed by atoms with Crippen LogP contribution in [0.1, 0.15) is 41.1 Å². The van der Waals surface area contributed by atoms with Crippen molar-refractivity contribution in [2.24, 2.45) is 0 Å². The van der Waals surface area contributed by atoms with E-state index >= 15 is 0 Å². The number of hydrogen-bond acceptors (Lipinski definition) is 5. The molecule has 0 spiro atoms. The molecule has 0 radical (unpaired) electrons. The van der Waals surface area contributed by atoms with Crippen molar-refractivity contribution >= 4 is 32.7 Å². The van der Waals surface area contributed by atoms with Crippen LogP contribution in [-0.2, 0) is 10.0 Å². The molecule has 1 saturated heterocycles. The second-order valence-corrected chi connectivity index (χ2v) is 10.4. The largest absolute Gasteiger partial charge is 0.244 e. The van der Waals surface area contributed by atoms with E-state index in [-0.39, 0.29) is 0 Å². The lowest BCUT2D eigenvalue weighted by Crippen LogP contribution is -2.32. The maximum Gasteiger partial charge on any atom is 0.244 e. The second kappa shape index (κ2) is 6.63. The highest BCUT2D eigenvalue weighted by Crippen LogP contribution is 2.37. The minimum atomic E-state index is -3.39. The predicted octanol–water partition coefficient (Wildman–Crippen LogP) is 4.36. The standard InChI is InChI=1S/C16H22N2O2S3/c1-11-12(2)22-16(17-11)14-10-15(13(3)21-14)23(19,20)18-8-6-4-5-7-9-18/h10H,4-9H2,1-3H3. The highest BCUT2D eigenvalue weighted by atomic mass is 32.2. The van der Waals surface area contributed by atoms with Gasteiger partial charge in [0.05, 0.1) is 15.5 Å². The highest BCUT2D eigenvalue weighted by molar-refractivity contribution is 7.89. The van der Waals surface area contributed by atoms with Crippen molar-refractivity contribution in [1.29, 1.82) is 0 Å². The number of thiazole rings is 1. The SMILES string of the molecule is Cc1nc(-c2cc(S(=O)(=O)N3CCCCCC3)c(C)s2)sc1C. The fourth-order valence-corrected chi connectivity index (χ4v) is 6.86. The first kappa shape index (κ1) is 17.1. The Morgan fingerprint density at radius 2 is 1.65 bits per heavy atom. The van der Waals surface area contributed by atoms with Crippen LogP contribution in [-0.4, -0.2) is 30.8 Å². The smallest absolute Gasteiger partial charge is 0.240 e. The van der Waals surface area contributed by atoms with Crippen LogP contribution in [0.15, 0.2) is 11.0 Å². The zero-order valence-corrected chi connectivity index (χ0v) is 16.2. The van der Waals surface area contributed by atoms with Crippen molar-refractivity contribution in [1.82, 2.24) is 9.29 Å². The third-order valence-electron chi connectivity index (χ3n) is 4.29. The van der Waals surface area contributed by atoms with Crippen LogP contribution in [0, 0.1) is 20.8 Å². The van der Waals surface area contributed by atoms with E-state index in [9.17, 15) is 8.42 Å². The molecule has 0 saturated carbocycles. The lowest BCUT2D eigenvalue weighted by atomic mass is 10.2. The summed E-state index contributed by atoms with van der Waals surface area (Å²) in [5.74, 6) is 0. The van der Waals surface area contributed by atoms with Crippen molar-refractivity contribution in [3.05, 3.63) is 21.5 Å². The molecule has 0 aliphatic carbocycles. The average molecular weight is 371 g/mol. The lowest BCUT2D eigenvalue weighted by Gasteiger charge is -2.19. The van der Waals surface area contributed by atoms with Gasteiger partial charge in [0.2, 0.25) is 10.0 Å². The van der Waals surface area contributed by atoms with Crippen molar-refractivity contribution in [3.63, 3.8) is 0 Å². The van der Waals surface area contributed by atoms with Gasteiger partial charge >= 0.3 is 0 Å². The van der Waals surface area contributed by atoms with E-state index in [1.54, 1.807) is 15.6 Å². The van der Waals surface area contributed by atoms with E-state index in [0.29, 0.717) is 18.0 Å². The molecule has 0 aromatic carbocycles. The molecule has 23 heavy (non-hydrogen) atoms. The number of aromatic nitrogens is 1. The monoisotopic (exact) mass is 370 g/mol. The van der Waals surface area contributed by atoms with Gasteiger partial charge in [-0.2, -0.15) is 4.31 Å². The van der Waals surface area contributed by atoms with E-state index < -0.39 is 10.0 Å². The van der Waals surface area contributed by atoms with Gasteiger partial charge in [-0.25, -0.2) is 13.4 Å². The molecule has 1 aliphatic heterocycles. The molecule has 2 aromatic rings. The summed E-state index contributed by atoms with van der Waals surface area (Å²) in [5, 5.41) is 0.922. The van der Waals surface area contributed by atoms with Gasteiger partial charge in [-0.1, -0.05) is 12.8 Å². The predicted molar refractivity (Wildman–Crippen MR) is 96.9 cm³/mol. The summed E-state index contributed by atoms with van der Waals surface area (Å²) in [6.07, 6.45) is 4.16. The van der Waals surface area contributed by atoms with Gasteiger partial charge in [-0.15, -0.1) is 22.7 Å². The molecule has 1 aliphatic rings. The van der Waals surface area contributed by atoms with Crippen molar-refractivity contribution in [3.8, 4) is 9.88 Å². The minimum Gasteiger partial charge on any atom is -0.240 e. The summed E-state index contributed by atoms with van der Waals surface area (Å²) in [4.78, 5) is 8.02.